The molecule has 0 amide bonds. The highest BCUT2D eigenvalue weighted by molar-refractivity contribution is 9.13. The fourth-order valence-electron chi connectivity index (χ4n) is 1.51. The van der Waals surface area contributed by atoms with E-state index in [0.717, 1.165) is 25.2 Å². The summed E-state index contributed by atoms with van der Waals surface area (Å²) in [6.07, 6.45) is 0.224. The molecule has 0 atom stereocenters. The minimum atomic E-state index is -0.240. The lowest BCUT2D eigenvalue weighted by molar-refractivity contribution is -0.142. The Balaban J connectivity index is 2.16. The van der Waals surface area contributed by atoms with E-state index in [1.54, 1.807) is 6.92 Å². The molecule has 1 heterocycles. The molecular weight excluding hydrogens is 394 g/mol. The number of nitrogens with zero attached hydrogens (tertiary/aromatic N) is 1. The van der Waals surface area contributed by atoms with Crippen molar-refractivity contribution in [1.82, 2.24) is 4.98 Å². The molecular formula is C13H11Br2NO2S. The third-order valence-electron chi connectivity index (χ3n) is 2.35. The maximum absolute atomic E-state index is 11.4. The molecule has 0 unspecified atom stereocenters. The number of hydrogen-bond acceptors (Lipinski definition) is 4. The molecule has 0 saturated carbocycles. The fourth-order valence-corrected chi connectivity index (χ4v) is 2.95. The Morgan fingerprint density at radius 1 is 1.37 bits per heavy atom. The van der Waals surface area contributed by atoms with Crippen LogP contribution in [-0.4, -0.2) is 17.6 Å². The molecule has 0 aliphatic rings. The summed E-state index contributed by atoms with van der Waals surface area (Å²) in [7, 11) is 0. The Hall–Kier alpha value is -0.720. The largest absolute Gasteiger partial charge is 0.466 e. The van der Waals surface area contributed by atoms with Gasteiger partial charge in [0.25, 0.3) is 0 Å². The zero-order valence-corrected chi connectivity index (χ0v) is 14.1. The topological polar surface area (TPSA) is 39.2 Å². The van der Waals surface area contributed by atoms with Gasteiger partial charge in [-0.2, -0.15) is 0 Å². The summed E-state index contributed by atoms with van der Waals surface area (Å²) in [6.45, 7) is 2.19. The van der Waals surface area contributed by atoms with Gasteiger partial charge in [0.05, 0.1) is 18.7 Å². The SMILES string of the molecule is CCOC(=O)Cc1csc(-c2ccc(Br)c(Br)c2)n1. The summed E-state index contributed by atoms with van der Waals surface area (Å²) in [6, 6.07) is 5.95. The molecule has 19 heavy (non-hydrogen) atoms. The van der Waals surface area contributed by atoms with E-state index in [2.05, 4.69) is 36.8 Å². The minimum Gasteiger partial charge on any atom is -0.466 e. The number of hydrogen-bond donors (Lipinski definition) is 0. The highest BCUT2D eigenvalue weighted by Crippen LogP contribution is 2.30. The minimum absolute atomic E-state index is 0.224. The van der Waals surface area contributed by atoms with Gasteiger partial charge in [-0.05, 0) is 50.9 Å². The van der Waals surface area contributed by atoms with Crippen LogP contribution in [0.4, 0.5) is 0 Å². The number of carbonyl (C=O) groups is 1. The summed E-state index contributed by atoms with van der Waals surface area (Å²) in [4.78, 5) is 15.8. The molecule has 0 saturated heterocycles. The molecule has 0 aliphatic heterocycles. The van der Waals surface area contributed by atoms with E-state index in [4.69, 9.17) is 4.74 Å². The average molecular weight is 405 g/mol. The molecule has 100 valence electrons. The number of carbonyl (C=O) groups excluding carboxylic acids is 1. The first-order valence-electron chi connectivity index (χ1n) is 5.65. The number of esters is 1. The molecule has 0 N–H and O–H groups in total. The number of rotatable bonds is 4. The van der Waals surface area contributed by atoms with E-state index in [0.29, 0.717) is 6.61 Å². The van der Waals surface area contributed by atoms with Crippen molar-refractivity contribution >= 4 is 49.2 Å². The van der Waals surface area contributed by atoms with Crippen molar-refractivity contribution in [2.75, 3.05) is 6.61 Å². The molecule has 0 bridgehead atoms. The Morgan fingerprint density at radius 3 is 2.84 bits per heavy atom. The molecule has 0 aliphatic carbocycles. The smallest absolute Gasteiger partial charge is 0.311 e. The van der Waals surface area contributed by atoms with Gasteiger partial charge in [-0.15, -0.1) is 11.3 Å². The molecule has 0 radical (unpaired) electrons. The van der Waals surface area contributed by atoms with Crippen LogP contribution in [0.15, 0.2) is 32.5 Å². The maximum Gasteiger partial charge on any atom is 0.311 e. The van der Waals surface area contributed by atoms with Crippen molar-refractivity contribution in [1.29, 1.82) is 0 Å². The Kier molecular flexibility index (Phi) is 5.13. The lowest BCUT2D eigenvalue weighted by Crippen LogP contribution is -2.07. The predicted molar refractivity (Wildman–Crippen MR) is 83.3 cm³/mol. The van der Waals surface area contributed by atoms with Crippen molar-refractivity contribution < 1.29 is 9.53 Å². The molecule has 6 heteroatoms. The van der Waals surface area contributed by atoms with E-state index >= 15 is 0 Å². The zero-order chi connectivity index (χ0) is 13.8. The van der Waals surface area contributed by atoms with Gasteiger partial charge in [0.2, 0.25) is 0 Å². The second-order valence-corrected chi connectivity index (χ2v) is 6.32. The lowest BCUT2D eigenvalue weighted by Gasteiger charge is -2.00. The molecule has 0 spiro atoms. The monoisotopic (exact) mass is 403 g/mol. The summed E-state index contributed by atoms with van der Waals surface area (Å²) >= 11 is 8.42. The second-order valence-electron chi connectivity index (χ2n) is 3.75. The van der Waals surface area contributed by atoms with Crippen molar-refractivity contribution in [3.05, 3.63) is 38.2 Å². The van der Waals surface area contributed by atoms with E-state index in [-0.39, 0.29) is 12.4 Å². The Labute approximate surface area is 132 Å². The van der Waals surface area contributed by atoms with E-state index in [1.165, 1.54) is 11.3 Å². The molecule has 0 fully saturated rings. The van der Waals surface area contributed by atoms with Gasteiger partial charge in [-0.1, -0.05) is 6.07 Å². The van der Waals surface area contributed by atoms with E-state index in [1.807, 2.05) is 23.6 Å². The van der Waals surface area contributed by atoms with Gasteiger partial charge in [0, 0.05) is 19.9 Å². The number of thiazole rings is 1. The first-order chi connectivity index (χ1) is 9.10. The van der Waals surface area contributed by atoms with E-state index < -0.39 is 0 Å². The number of ether oxygens (including phenoxy) is 1. The average Bonchev–Trinajstić information content (AvgIpc) is 2.81. The quantitative estimate of drug-likeness (QED) is 0.707. The second kappa shape index (κ2) is 6.63. The maximum atomic E-state index is 11.4. The third-order valence-corrected chi connectivity index (χ3v) is 5.17. The number of benzene rings is 1. The Morgan fingerprint density at radius 2 is 2.16 bits per heavy atom. The van der Waals surface area contributed by atoms with Crippen molar-refractivity contribution in [3.8, 4) is 10.6 Å². The van der Waals surface area contributed by atoms with Gasteiger partial charge in [-0.25, -0.2) is 4.98 Å². The standard InChI is InChI=1S/C13H11Br2NO2S/c1-2-18-12(17)6-9-7-19-13(16-9)8-3-4-10(14)11(15)5-8/h3-5,7H,2,6H2,1H3. The normalized spacial score (nSPS) is 10.5. The number of aromatic nitrogens is 1. The number of halogens is 2. The van der Waals surface area contributed by atoms with Gasteiger partial charge in [0.15, 0.2) is 0 Å². The molecule has 2 rings (SSSR count). The summed E-state index contributed by atoms with van der Waals surface area (Å²) in [5.41, 5.74) is 1.77. The lowest BCUT2D eigenvalue weighted by atomic mass is 10.2. The van der Waals surface area contributed by atoms with Crippen LogP contribution in [0.5, 0.6) is 0 Å². The van der Waals surface area contributed by atoms with E-state index in [9.17, 15) is 4.79 Å². The first kappa shape index (κ1) is 14.7. The van der Waals surface area contributed by atoms with Crippen LogP contribution in [0.25, 0.3) is 10.6 Å². The van der Waals surface area contributed by atoms with Crippen LogP contribution in [-0.2, 0) is 16.0 Å². The molecule has 3 nitrogen and oxygen atoms in total. The van der Waals surface area contributed by atoms with Gasteiger partial charge in [-0.3, -0.25) is 4.79 Å². The van der Waals surface area contributed by atoms with Crippen LogP contribution >= 0.6 is 43.2 Å². The van der Waals surface area contributed by atoms with Crippen LogP contribution in [0, 0.1) is 0 Å². The summed E-state index contributed by atoms with van der Waals surface area (Å²) in [5.74, 6) is -0.240. The van der Waals surface area contributed by atoms with Gasteiger partial charge >= 0.3 is 5.97 Å². The van der Waals surface area contributed by atoms with Crippen LogP contribution in [0.1, 0.15) is 12.6 Å². The highest BCUT2D eigenvalue weighted by Gasteiger charge is 2.10. The van der Waals surface area contributed by atoms with Crippen LogP contribution < -0.4 is 0 Å². The van der Waals surface area contributed by atoms with Crippen molar-refractivity contribution in [3.63, 3.8) is 0 Å². The molecule has 1 aromatic heterocycles. The summed E-state index contributed by atoms with van der Waals surface area (Å²) < 4.78 is 6.89. The Bertz CT molecular complexity index is 598. The highest BCUT2D eigenvalue weighted by atomic mass is 79.9. The van der Waals surface area contributed by atoms with Crippen molar-refractivity contribution in [2.24, 2.45) is 0 Å². The van der Waals surface area contributed by atoms with Gasteiger partial charge < -0.3 is 4.74 Å². The van der Waals surface area contributed by atoms with Crippen LogP contribution in [0.2, 0.25) is 0 Å². The zero-order valence-electron chi connectivity index (χ0n) is 10.2. The molecule has 2 aromatic rings. The van der Waals surface area contributed by atoms with Gasteiger partial charge in [0.1, 0.15) is 5.01 Å². The molecule has 1 aromatic carbocycles. The van der Waals surface area contributed by atoms with Crippen molar-refractivity contribution in [2.45, 2.75) is 13.3 Å². The fraction of sp³-hybridized carbons (Fsp3) is 0.231. The first-order valence-corrected chi connectivity index (χ1v) is 8.12. The third kappa shape index (κ3) is 3.87. The summed E-state index contributed by atoms with van der Waals surface area (Å²) in [5, 5.41) is 2.79. The van der Waals surface area contributed by atoms with Crippen LogP contribution in [0.3, 0.4) is 0 Å². The predicted octanol–water partition coefficient (Wildman–Crippen LogP) is 4.44.